The maximum absolute atomic E-state index is 14.2. The van der Waals surface area contributed by atoms with E-state index < -0.39 is 17.9 Å². The number of likely N-dealkylation sites (N-methyl/N-ethyl adjacent to an activating group) is 1. The van der Waals surface area contributed by atoms with Gasteiger partial charge in [-0.05, 0) is 67.1 Å². The Balaban J connectivity index is 1.23. The van der Waals surface area contributed by atoms with E-state index in [9.17, 15) is 19.2 Å². The van der Waals surface area contributed by atoms with Gasteiger partial charge in [-0.25, -0.2) is 0 Å². The molecule has 0 aliphatic carbocycles. The quantitative estimate of drug-likeness (QED) is 0.212. The van der Waals surface area contributed by atoms with Crippen molar-refractivity contribution >= 4 is 34.5 Å². The topological polar surface area (TPSA) is 139 Å². The fraction of sp³-hybridized carbons (Fsp3) is 0.390. The molecular formula is C41H47N5O7. The molecule has 2 N–H and O–H groups in total. The van der Waals surface area contributed by atoms with Crippen molar-refractivity contribution in [1.82, 2.24) is 25.4 Å². The normalized spacial score (nSPS) is 18.7. The van der Waals surface area contributed by atoms with Crippen molar-refractivity contribution < 1.29 is 33.4 Å². The number of para-hydroxylation sites is 1. The Kier molecular flexibility index (Phi) is 11.9. The van der Waals surface area contributed by atoms with Crippen LogP contribution >= 0.6 is 0 Å². The Morgan fingerprint density at radius 1 is 0.887 bits per heavy atom. The monoisotopic (exact) mass is 721 g/mol. The fourth-order valence-electron chi connectivity index (χ4n) is 7.35. The van der Waals surface area contributed by atoms with Crippen molar-refractivity contribution in [1.29, 1.82) is 0 Å². The van der Waals surface area contributed by atoms with Crippen LogP contribution in [0.3, 0.4) is 0 Å². The first-order chi connectivity index (χ1) is 25.6. The Labute approximate surface area is 309 Å². The Morgan fingerprint density at radius 2 is 1.64 bits per heavy atom. The molecule has 2 aliphatic heterocycles. The average molecular weight is 722 g/mol. The number of hydrogen-bond donors (Lipinski definition) is 2. The van der Waals surface area contributed by atoms with Crippen LogP contribution in [0.25, 0.3) is 10.9 Å². The molecule has 6 rings (SSSR count). The molecule has 4 atom stereocenters. The summed E-state index contributed by atoms with van der Waals surface area (Å²) in [5.74, 6) is -1.18. The number of carbonyl (C=O) groups is 4. The number of nitrogens with one attached hydrogen (secondary N) is 2. The highest BCUT2D eigenvalue weighted by molar-refractivity contribution is 5.95. The summed E-state index contributed by atoms with van der Waals surface area (Å²) in [5, 5.41) is 6.45. The number of rotatable bonds is 13. The van der Waals surface area contributed by atoms with Crippen LogP contribution in [0.1, 0.15) is 35.3 Å². The number of likely N-dealkylation sites (tertiary alicyclic amines) is 2. The number of ether oxygens (including phenoxy) is 3. The van der Waals surface area contributed by atoms with Crippen molar-refractivity contribution in [3.63, 3.8) is 0 Å². The molecule has 3 aromatic carbocycles. The van der Waals surface area contributed by atoms with Crippen molar-refractivity contribution in [3.05, 3.63) is 102 Å². The van der Waals surface area contributed by atoms with E-state index >= 15 is 0 Å². The van der Waals surface area contributed by atoms with Crippen LogP contribution in [-0.4, -0.2) is 97.5 Å². The van der Waals surface area contributed by atoms with E-state index in [0.717, 1.165) is 22.0 Å². The Bertz CT molecular complexity index is 1930. The highest BCUT2D eigenvalue weighted by Gasteiger charge is 2.48. The van der Waals surface area contributed by atoms with Gasteiger partial charge in [-0.1, -0.05) is 48.5 Å². The number of amides is 4. The highest BCUT2D eigenvalue weighted by atomic mass is 16.5. The largest absolute Gasteiger partial charge is 0.493 e. The number of methoxy groups -OCH3 is 1. The SMILES string of the molecule is CNC(=O)[C@H](COCc1ccccc1)NC(=O)C1CN(C(=O)Cc2ccnc3ccccc23)CC2CN(C(=O)c3ccc(OC(C)C)c(OC)c3)CC21. The summed E-state index contributed by atoms with van der Waals surface area (Å²) in [5.41, 5.74) is 3.02. The maximum atomic E-state index is 14.2. The predicted molar refractivity (Wildman–Crippen MR) is 199 cm³/mol. The van der Waals surface area contributed by atoms with Crippen molar-refractivity contribution in [2.75, 3.05) is 46.9 Å². The lowest BCUT2D eigenvalue weighted by atomic mass is 9.79. The number of benzene rings is 3. The summed E-state index contributed by atoms with van der Waals surface area (Å²) < 4.78 is 17.3. The molecule has 0 radical (unpaired) electrons. The van der Waals surface area contributed by atoms with Gasteiger partial charge in [0.25, 0.3) is 5.91 Å². The lowest BCUT2D eigenvalue weighted by Crippen LogP contribution is -2.57. The van der Waals surface area contributed by atoms with Gasteiger partial charge in [0.1, 0.15) is 6.04 Å². The molecule has 0 saturated carbocycles. The molecule has 2 saturated heterocycles. The van der Waals surface area contributed by atoms with Gasteiger partial charge in [0.05, 0.1) is 44.3 Å². The van der Waals surface area contributed by atoms with Gasteiger partial charge in [-0.15, -0.1) is 0 Å². The molecule has 278 valence electrons. The van der Waals surface area contributed by atoms with Crippen LogP contribution in [0.15, 0.2) is 85.1 Å². The first-order valence-electron chi connectivity index (χ1n) is 18.0. The highest BCUT2D eigenvalue weighted by Crippen LogP contribution is 2.37. The fourth-order valence-corrected chi connectivity index (χ4v) is 7.35. The molecule has 4 amide bonds. The van der Waals surface area contributed by atoms with Gasteiger partial charge >= 0.3 is 0 Å². The zero-order chi connectivity index (χ0) is 37.5. The number of piperidine rings is 1. The van der Waals surface area contributed by atoms with Crippen molar-refractivity contribution in [2.24, 2.45) is 17.8 Å². The molecule has 3 unspecified atom stereocenters. The summed E-state index contributed by atoms with van der Waals surface area (Å²) in [7, 11) is 3.04. The molecule has 12 nitrogen and oxygen atoms in total. The van der Waals surface area contributed by atoms with E-state index in [0.29, 0.717) is 36.7 Å². The van der Waals surface area contributed by atoms with Crippen LogP contribution in [0.4, 0.5) is 0 Å². The van der Waals surface area contributed by atoms with Crippen LogP contribution in [0.2, 0.25) is 0 Å². The second-order valence-electron chi connectivity index (χ2n) is 13.9. The number of hydrogen-bond acceptors (Lipinski definition) is 8. The minimum Gasteiger partial charge on any atom is -0.493 e. The first-order valence-corrected chi connectivity index (χ1v) is 18.0. The molecule has 53 heavy (non-hydrogen) atoms. The van der Waals surface area contributed by atoms with Crippen LogP contribution in [0.5, 0.6) is 11.5 Å². The second kappa shape index (κ2) is 16.9. The summed E-state index contributed by atoms with van der Waals surface area (Å²) in [6.07, 6.45) is 1.76. The van der Waals surface area contributed by atoms with Gasteiger partial charge in [0, 0.05) is 50.4 Å². The number of pyridine rings is 1. The maximum Gasteiger partial charge on any atom is 0.254 e. The van der Waals surface area contributed by atoms with Crippen LogP contribution in [0, 0.1) is 17.8 Å². The lowest BCUT2D eigenvalue weighted by molar-refractivity contribution is -0.140. The van der Waals surface area contributed by atoms with E-state index in [4.69, 9.17) is 14.2 Å². The number of aromatic nitrogens is 1. The first kappa shape index (κ1) is 37.3. The van der Waals surface area contributed by atoms with Gasteiger partial charge in [0.15, 0.2) is 11.5 Å². The van der Waals surface area contributed by atoms with E-state index in [2.05, 4.69) is 15.6 Å². The smallest absolute Gasteiger partial charge is 0.254 e. The third-order valence-corrected chi connectivity index (χ3v) is 9.99. The predicted octanol–water partition coefficient (Wildman–Crippen LogP) is 3.87. The standard InChI is InChI=1S/C41H47N5O7/c1-26(2)53-36-15-14-29(18-37(36)51-4)41(50)46-21-30-20-45(38(47)19-28-16-17-43-34-13-9-8-12-31(28)34)23-33(32(30)22-46)39(48)44-35(40(49)42-3)25-52-24-27-10-6-5-7-11-27/h5-18,26,30,32-33,35H,19-25H2,1-4H3,(H,42,49)(H,44,48)/t30?,32?,33?,35-/m0/s1. The second-order valence-corrected chi connectivity index (χ2v) is 13.9. The third-order valence-electron chi connectivity index (χ3n) is 9.99. The zero-order valence-electron chi connectivity index (χ0n) is 30.6. The molecule has 2 aliphatic rings. The van der Waals surface area contributed by atoms with Crippen molar-refractivity contribution in [2.45, 2.75) is 39.0 Å². The summed E-state index contributed by atoms with van der Waals surface area (Å²) in [6.45, 7) is 5.29. The molecule has 1 aromatic heterocycles. The van der Waals surface area contributed by atoms with E-state index in [1.807, 2.05) is 74.5 Å². The lowest BCUT2D eigenvalue weighted by Gasteiger charge is -2.40. The van der Waals surface area contributed by atoms with Gasteiger partial charge < -0.3 is 34.6 Å². The number of fused-ring (bicyclic) bond motifs is 2. The van der Waals surface area contributed by atoms with Gasteiger partial charge in [-0.2, -0.15) is 0 Å². The van der Waals surface area contributed by atoms with Gasteiger partial charge in [0.2, 0.25) is 17.7 Å². The van der Waals surface area contributed by atoms with E-state index in [1.165, 1.54) is 14.2 Å². The molecule has 0 spiro atoms. The summed E-state index contributed by atoms with van der Waals surface area (Å²) >= 11 is 0. The molecule has 0 bridgehead atoms. The minimum atomic E-state index is -0.956. The number of nitrogens with zero attached hydrogens (tertiary/aromatic N) is 3. The minimum absolute atomic E-state index is 0.0398. The van der Waals surface area contributed by atoms with Crippen molar-refractivity contribution in [3.8, 4) is 11.5 Å². The Morgan fingerprint density at radius 3 is 2.40 bits per heavy atom. The molecule has 12 heteroatoms. The zero-order valence-corrected chi connectivity index (χ0v) is 30.6. The van der Waals surface area contributed by atoms with Crippen LogP contribution in [-0.2, 0) is 32.1 Å². The third kappa shape index (κ3) is 8.77. The number of carbonyl (C=O) groups excluding carboxylic acids is 4. The molecular weight excluding hydrogens is 674 g/mol. The van der Waals surface area contributed by atoms with Crippen LogP contribution < -0.4 is 20.1 Å². The molecule has 2 fully saturated rings. The summed E-state index contributed by atoms with van der Waals surface area (Å²) in [4.78, 5) is 63.1. The van der Waals surface area contributed by atoms with E-state index in [-0.39, 0.29) is 61.8 Å². The molecule has 3 heterocycles. The Hall–Kier alpha value is -5.49. The summed E-state index contributed by atoms with van der Waals surface area (Å²) in [6, 6.07) is 23.3. The van der Waals surface area contributed by atoms with E-state index in [1.54, 1.807) is 34.2 Å². The van der Waals surface area contributed by atoms with Gasteiger partial charge in [-0.3, -0.25) is 24.2 Å². The molecule has 4 aromatic rings. The average Bonchev–Trinajstić information content (AvgIpc) is 3.61.